The van der Waals surface area contributed by atoms with Crippen molar-refractivity contribution in [1.29, 1.82) is 0 Å². The number of carbonyl (C=O) groups is 1. The summed E-state index contributed by atoms with van der Waals surface area (Å²) in [6, 6.07) is 1.95. The quantitative estimate of drug-likeness (QED) is 0.880. The molecular weight excluding hydrogens is 226 g/mol. The van der Waals surface area contributed by atoms with Crippen LogP contribution in [-0.2, 0) is 13.0 Å². The number of ketones is 1. The van der Waals surface area contributed by atoms with E-state index in [1.165, 1.54) is 0 Å². The Balaban J connectivity index is 1.97. The molecule has 4 nitrogen and oxygen atoms in total. The maximum absolute atomic E-state index is 12.1. The Kier molecular flexibility index (Phi) is 2.40. The van der Waals surface area contributed by atoms with Crippen molar-refractivity contribution in [2.45, 2.75) is 33.2 Å². The van der Waals surface area contributed by atoms with Crippen LogP contribution in [0.2, 0.25) is 0 Å². The minimum Gasteiger partial charge on any atom is -0.346 e. The smallest absolute Gasteiger partial charge is 0.165 e. The second-order valence-electron chi connectivity index (χ2n) is 5.85. The van der Waals surface area contributed by atoms with Crippen molar-refractivity contribution < 1.29 is 4.79 Å². The summed E-state index contributed by atoms with van der Waals surface area (Å²) in [5, 5.41) is 6.77. The van der Waals surface area contributed by atoms with E-state index >= 15 is 0 Å². The fourth-order valence-electron chi connectivity index (χ4n) is 2.71. The molecule has 94 valence electrons. The number of carbonyl (C=O) groups excluding carboxylic acids is 1. The maximum Gasteiger partial charge on any atom is 0.165 e. The van der Waals surface area contributed by atoms with Crippen LogP contribution in [-0.4, -0.2) is 20.5 Å². The summed E-state index contributed by atoms with van der Waals surface area (Å²) < 4.78 is 2.17. The Morgan fingerprint density at radius 1 is 1.44 bits per heavy atom. The maximum atomic E-state index is 12.1. The molecule has 0 spiro atoms. The first-order valence-electron chi connectivity index (χ1n) is 6.24. The van der Waals surface area contributed by atoms with E-state index in [2.05, 4.69) is 28.6 Å². The Hall–Kier alpha value is -1.84. The molecule has 2 aromatic rings. The highest BCUT2D eigenvalue weighted by Gasteiger charge is 2.32. The Morgan fingerprint density at radius 3 is 3.00 bits per heavy atom. The van der Waals surface area contributed by atoms with Gasteiger partial charge in [-0.15, -0.1) is 0 Å². The Morgan fingerprint density at radius 2 is 2.28 bits per heavy atom. The van der Waals surface area contributed by atoms with Crippen molar-refractivity contribution in [2.75, 3.05) is 0 Å². The molecule has 2 heterocycles. The molecule has 4 heteroatoms. The molecule has 3 rings (SSSR count). The second kappa shape index (κ2) is 3.83. The van der Waals surface area contributed by atoms with E-state index in [0.29, 0.717) is 6.42 Å². The molecule has 1 aliphatic carbocycles. The van der Waals surface area contributed by atoms with Gasteiger partial charge in [-0.2, -0.15) is 5.10 Å². The molecule has 0 amide bonds. The summed E-state index contributed by atoms with van der Waals surface area (Å²) in [5.41, 5.74) is 3.26. The number of aromatic nitrogens is 3. The standard InChI is InChI=1S/C14H17N3O/c1-14(2)5-12-11(13(18)6-14)3-4-17(12)9-10-7-15-16-8-10/h3-4,7-8H,5-6,9H2,1-2H3,(H,15,16). The molecule has 0 atom stereocenters. The molecule has 0 bridgehead atoms. The van der Waals surface area contributed by atoms with Crippen LogP contribution in [0.3, 0.4) is 0 Å². The van der Waals surface area contributed by atoms with Gasteiger partial charge in [-0.05, 0) is 17.9 Å². The van der Waals surface area contributed by atoms with Crippen molar-refractivity contribution in [2.24, 2.45) is 5.41 Å². The summed E-state index contributed by atoms with van der Waals surface area (Å²) in [6.07, 6.45) is 7.33. The summed E-state index contributed by atoms with van der Waals surface area (Å²) in [7, 11) is 0. The van der Waals surface area contributed by atoms with Gasteiger partial charge in [-0.3, -0.25) is 9.89 Å². The molecular formula is C14H17N3O. The Bertz CT molecular complexity index is 578. The van der Waals surface area contributed by atoms with E-state index in [1.54, 1.807) is 0 Å². The summed E-state index contributed by atoms with van der Waals surface area (Å²) in [6.45, 7) is 5.08. The summed E-state index contributed by atoms with van der Waals surface area (Å²) in [5.74, 6) is 0.271. The lowest BCUT2D eigenvalue weighted by Crippen LogP contribution is -2.28. The average Bonchev–Trinajstić information content (AvgIpc) is 2.88. The number of fused-ring (bicyclic) bond motifs is 1. The second-order valence-corrected chi connectivity index (χ2v) is 5.85. The molecule has 0 aromatic carbocycles. The van der Waals surface area contributed by atoms with E-state index in [4.69, 9.17) is 0 Å². The van der Waals surface area contributed by atoms with Crippen LogP contribution in [0.5, 0.6) is 0 Å². The van der Waals surface area contributed by atoms with Gasteiger partial charge in [0.15, 0.2) is 5.78 Å². The number of hydrogen-bond acceptors (Lipinski definition) is 2. The number of Topliss-reactive ketones (excluding diaryl/α,β-unsaturated/α-hetero) is 1. The van der Waals surface area contributed by atoms with E-state index in [9.17, 15) is 4.79 Å². The highest BCUT2D eigenvalue weighted by molar-refractivity contribution is 5.98. The minimum absolute atomic E-state index is 0.0661. The molecule has 1 aliphatic rings. The number of nitrogens with zero attached hydrogens (tertiary/aromatic N) is 2. The third-order valence-electron chi connectivity index (χ3n) is 3.57. The number of rotatable bonds is 2. The Labute approximate surface area is 106 Å². The van der Waals surface area contributed by atoms with E-state index in [1.807, 2.05) is 24.7 Å². The number of aromatic amines is 1. The van der Waals surface area contributed by atoms with Gasteiger partial charge in [0, 0.05) is 35.6 Å². The van der Waals surface area contributed by atoms with Crippen LogP contribution in [0.1, 0.15) is 41.9 Å². The van der Waals surface area contributed by atoms with Crippen molar-refractivity contribution in [3.05, 3.63) is 41.5 Å². The van der Waals surface area contributed by atoms with Gasteiger partial charge in [-0.1, -0.05) is 13.8 Å². The lowest BCUT2D eigenvalue weighted by atomic mass is 9.76. The van der Waals surface area contributed by atoms with Crippen LogP contribution < -0.4 is 0 Å². The molecule has 18 heavy (non-hydrogen) atoms. The van der Waals surface area contributed by atoms with E-state index in [0.717, 1.165) is 29.8 Å². The first kappa shape index (κ1) is 11.3. The molecule has 1 N–H and O–H groups in total. The van der Waals surface area contributed by atoms with Gasteiger partial charge in [-0.25, -0.2) is 0 Å². The van der Waals surface area contributed by atoms with Gasteiger partial charge < -0.3 is 4.57 Å². The SMILES string of the molecule is CC1(C)CC(=O)c2ccn(Cc3cn[nH]c3)c2C1. The zero-order valence-corrected chi connectivity index (χ0v) is 10.7. The van der Waals surface area contributed by atoms with Gasteiger partial charge in [0.1, 0.15) is 0 Å². The first-order chi connectivity index (χ1) is 8.55. The van der Waals surface area contributed by atoms with Crippen LogP contribution in [0.25, 0.3) is 0 Å². The third-order valence-corrected chi connectivity index (χ3v) is 3.57. The van der Waals surface area contributed by atoms with Crippen molar-refractivity contribution in [1.82, 2.24) is 14.8 Å². The van der Waals surface area contributed by atoms with Crippen molar-refractivity contribution >= 4 is 5.78 Å². The van der Waals surface area contributed by atoms with Gasteiger partial charge in [0.05, 0.1) is 12.7 Å². The van der Waals surface area contributed by atoms with Crippen LogP contribution in [0.4, 0.5) is 0 Å². The third kappa shape index (κ3) is 1.88. The molecule has 0 fully saturated rings. The predicted molar refractivity (Wildman–Crippen MR) is 68.6 cm³/mol. The molecule has 0 unspecified atom stereocenters. The van der Waals surface area contributed by atoms with E-state index < -0.39 is 0 Å². The number of H-pyrrole nitrogens is 1. The molecule has 0 saturated carbocycles. The monoisotopic (exact) mass is 243 g/mol. The van der Waals surface area contributed by atoms with E-state index in [-0.39, 0.29) is 11.2 Å². The number of nitrogens with one attached hydrogen (secondary N) is 1. The summed E-state index contributed by atoms with van der Waals surface area (Å²) >= 11 is 0. The van der Waals surface area contributed by atoms with Gasteiger partial charge >= 0.3 is 0 Å². The fraction of sp³-hybridized carbons (Fsp3) is 0.429. The molecule has 0 radical (unpaired) electrons. The highest BCUT2D eigenvalue weighted by Crippen LogP contribution is 2.35. The fourth-order valence-corrected chi connectivity index (χ4v) is 2.71. The zero-order valence-electron chi connectivity index (χ0n) is 10.7. The lowest BCUT2D eigenvalue weighted by molar-refractivity contribution is 0.0910. The van der Waals surface area contributed by atoms with Crippen molar-refractivity contribution in [3.63, 3.8) is 0 Å². The van der Waals surface area contributed by atoms with Gasteiger partial charge in [0.2, 0.25) is 0 Å². The average molecular weight is 243 g/mol. The molecule has 0 saturated heterocycles. The minimum atomic E-state index is 0.0661. The molecule has 0 aliphatic heterocycles. The normalized spacial score (nSPS) is 17.8. The molecule has 2 aromatic heterocycles. The first-order valence-corrected chi connectivity index (χ1v) is 6.24. The van der Waals surface area contributed by atoms with Crippen LogP contribution >= 0.6 is 0 Å². The highest BCUT2D eigenvalue weighted by atomic mass is 16.1. The largest absolute Gasteiger partial charge is 0.346 e. The van der Waals surface area contributed by atoms with Crippen LogP contribution in [0, 0.1) is 5.41 Å². The number of hydrogen-bond donors (Lipinski definition) is 1. The van der Waals surface area contributed by atoms with Crippen LogP contribution in [0.15, 0.2) is 24.7 Å². The zero-order chi connectivity index (χ0) is 12.8. The summed E-state index contributed by atoms with van der Waals surface area (Å²) in [4.78, 5) is 12.1. The topological polar surface area (TPSA) is 50.7 Å². The predicted octanol–water partition coefficient (Wildman–Crippen LogP) is 2.41. The van der Waals surface area contributed by atoms with Gasteiger partial charge in [0.25, 0.3) is 0 Å². The lowest BCUT2D eigenvalue weighted by Gasteiger charge is -2.29. The van der Waals surface area contributed by atoms with Crippen molar-refractivity contribution in [3.8, 4) is 0 Å².